The van der Waals surface area contributed by atoms with Crippen LogP contribution in [-0.2, 0) is 5.41 Å². The Hall–Kier alpha value is -1.41. The van der Waals surface area contributed by atoms with Gasteiger partial charge in [0, 0.05) is 17.8 Å². The largest absolute Gasteiger partial charge is 0.320 e. The quantitative estimate of drug-likeness (QED) is 0.869. The summed E-state index contributed by atoms with van der Waals surface area (Å²) >= 11 is 0. The molecule has 0 radical (unpaired) electrons. The molecule has 0 aliphatic rings. The van der Waals surface area contributed by atoms with Gasteiger partial charge in [-0.1, -0.05) is 32.0 Å². The average molecular weight is 228 g/mol. The SMILES string of the molecule is CNCCC(C)(C)c1cccc2ccncc12. The van der Waals surface area contributed by atoms with E-state index in [0.717, 1.165) is 13.0 Å². The molecule has 2 rings (SSSR count). The second kappa shape index (κ2) is 4.84. The summed E-state index contributed by atoms with van der Waals surface area (Å²) in [6.45, 7) is 5.63. The molecule has 1 N–H and O–H groups in total. The first kappa shape index (κ1) is 12.1. The van der Waals surface area contributed by atoms with Crippen LogP contribution in [0.5, 0.6) is 0 Å². The van der Waals surface area contributed by atoms with Gasteiger partial charge in [-0.2, -0.15) is 0 Å². The molecule has 2 aromatic rings. The van der Waals surface area contributed by atoms with Crippen molar-refractivity contribution < 1.29 is 0 Å². The molecule has 0 saturated carbocycles. The number of hydrogen-bond donors (Lipinski definition) is 1. The monoisotopic (exact) mass is 228 g/mol. The molecule has 0 atom stereocenters. The zero-order valence-corrected chi connectivity index (χ0v) is 10.8. The van der Waals surface area contributed by atoms with Crippen LogP contribution < -0.4 is 5.32 Å². The highest BCUT2D eigenvalue weighted by atomic mass is 14.8. The predicted molar refractivity (Wildman–Crippen MR) is 73.3 cm³/mol. The van der Waals surface area contributed by atoms with Crippen molar-refractivity contribution in [2.45, 2.75) is 25.7 Å². The van der Waals surface area contributed by atoms with Gasteiger partial charge in [-0.15, -0.1) is 0 Å². The van der Waals surface area contributed by atoms with Gasteiger partial charge in [0.2, 0.25) is 0 Å². The van der Waals surface area contributed by atoms with Gasteiger partial charge in [0.15, 0.2) is 0 Å². The summed E-state index contributed by atoms with van der Waals surface area (Å²) in [5.41, 5.74) is 1.56. The molecular weight excluding hydrogens is 208 g/mol. The molecule has 1 heterocycles. The van der Waals surface area contributed by atoms with E-state index in [1.54, 1.807) is 0 Å². The first-order valence-corrected chi connectivity index (χ1v) is 6.13. The minimum atomic E-state index is 0.172. The Kier molecular flexibility index (Phi) is 3.43. The molecule has 17 heavy (non-hydrogen) atoms. The number of nitrogens with one attached hydrogen (secondary N) is 1. The number of fused-ring (bicyclic) bond motifs is 1. The fourth-order valence-corrected chi connectivity index (χ4v) is 2.28. The maximum Gasteiger partial charge on any atom is 0.0349 e. The number of benzene rings is 1. The Bertz CT molecular complexity index is 498. The molecular formula is C15H20N2. The van der Waals surface area contributed by atoms with Crippen molar-refractivity contribution in [3.8, 4) is 0 Å². The maximum atomic E-state index is 4.25. The third-order valence-electron chi connectivity index (χ3n) is 3.41. The summed E-state index contributed by atoms with van der Waals surface area (Å²) in [6, 6.07) is 8.58. The zero-order chi connectivity index (χ0) is 12.3. The molecule has 1 aromatic carbocycles. The molecule has 0 saturated heterocycles. The molecule has 1 aromatic heterocycles. The van der Waals surface area contributed by atoms with Crippen LogP contribution in [0.2, 0.25) is 0 Å². The Morgan fingerprint density at radius 1 is 1.24 bits per heavy atom. The molecule has 0 fully saturated rings. The third kappa shape index (κ3) is 2.47. The van der Waals surface area contributed by atoms with Crippen molar-refractivity contribution >= 4 is 10.8 Å². The minimum Gasteiger partial charge on any atom is -0.320 e. The summed E-state index contributed by atoms with van der Waals surface area (Å²) < 4.78 is 0. The zero-order valence-electron chi connectivity index (χ0n) is 10.8. The minimum absolute atomic E-state index is 0.172. The van der Waals surface area contributed by atoms with Gasteiger partial charge in [-0.05, 0) is 42.4 Å². The van der Waals surface area contributed by atoms with E-state index >= 15 is 0 Å². The number of aromatic nitrogens is 1. The van der Waals surface area contributed by atoms with Gasteiger partial charge in [-0.3, -0.25) is 4.98 Å². The average Bonchev–Trinajstić information content (AvgIpc) is 2.36. The highest BCUT2D eigenvalue weighted by Gasteiger charge is 2.21. The van der Waals surface area contributed by atoms with Gasteiger partial charge in [0.25, 0.3) is 0 Å². The lowest BCUT2D eigenvalue weighted by Crippen LogP contribution is -2.23. The van der Waals surface area contributed by atoms with Gasteiger partial charge in [-0.25, -0.2) is 0 Å². The summed E-state index contributed by atoms with van der Waals surface area (Å²) in [4.78, 5) is 4.25. The number of pyridine rings is 1. The van der Waals surface area contributed by atoms with Crippen LogP contribution in [-0.4, -0.2) is 18.6 Å². The molecule has 0 bridgehead atoms. The predicted octanol–water partition coefficient (Wildman–Crippen LogP) is 3.12. The number of nitrogens with zero attached hydrogens (tertiary/aromatic N) is 1. The van der Waals surface area contributed by atoms with Crippen molar-refractivity contribution in [2.75, 3.05) is 13.6 Å². The van der Waals surface area contributed by atoms with Crippen LogP contribution in [0.25, 0.3) is 10.8 Å². The molecule has 0 amide bonds. The molecule has 2 heteroatoms. The van der Waals surface area contributed by atoms with E-state index in [1.165, 1.54) is 16.3 Å². The summed E-state index contributed by atoms with van der Waals surface area (Å²) in [5, 5.41) is 5.77. The van der Waals surface area contributed by atoms with Crippen LogP contribution >= 0.6 is 0 Å². The Morgan fingerprint density at radius 2 is 2.06 bits per heavy atom. The van der Waals surface area contributed by atoms with E-state index in [0.29, 0.717) is 0 Å². The molecule has 0 aliphatic carbocycles. The van der Waals surface area contributed by atoms with E-state index in [4.69, 9.17) is 0 Å². The topological polar surface area (TPSA) is 24.9 Å². The van der Waals surface area contributed by atoms with E-state index in [9.17, 15) is 0 Å². The van der Waals surface area contributed by atoms with E-state index in [1.807, 2.05) is 19.4 Å². The van der Waals surface area contributed by atoms with Crippen LogP contribution in [0.3, 0.4) is 0 Å². The summed E-state index contributed by atoms with van der Waals surface area (Å²) in [5.74, 6) is 0. The van der Waals surface area contributed by atoms with Crippen molar-refractivity contribution in [1.29, 1.82) is 0 Å². The lowest BCUT2D eigenvalue weighted by Gasteiger charge is -2.26. The number of rotatable bonds is 4. The molecule has 2 nitrogen and oxygen atoms in total. The summed E-state index contributed by atoms with van der Waals surface area (Å²) in [6.07, 6.45) is 4.95. The Labute approximate surface area is 103 Å². The highest BCUT2D eigenvalue weighted by molar-refractivity contribution is 5.85. The van der Waals surface area contributed by atoms with E-state index < -0.39 is 0 Å². The lowest BCUT2D eigenvalue weighted by atomic mass is 9.79. The third-order valence-corrected chi connectivity index (χ3v) is 3.41. The van der Waals surface area contributed by atoms with E-state index in [-0.39, 0.29) is 5.41 Å². The van der Waals surface area contributed by atoms with E-state index in [2.05, 4.69) is 48.4 Å². The second-order valence-electron chi connectivity index (χ2n) is 5.14. The second-order valence-corrected chi connectivity index (χ2v) is 5.14. The lowest BCUT2D eigenvalue weighted by molar-refractivity contribution is 0.472. The summed E-state index contributed by atoms with van der Waals surface area (Å²) in [7, 11) is 2.00. The van der Waals surface area contributed by atoms with Crippen molar-refractivity contribution in [3.63, 3.8) is 0 Å². The molecule has 0 aliphatic heterocycles. The number of hydrogen-bond acceptors (Lipinski definition) is 2. The van der Waals surface area contributed by atoms with Crippen molar-refractivity contribution in [1.82, 2.24) is 10.3 Å². The smallest absolute Gasteiger partial charge is 0.0349 e. The van der Waals surface area contributed by atoms with Gasteiger partial charge in [0.1, 0.15) is 0 Å². The van der Waals surface area contributed by atoms with Crippen molar-refractivity contribution in [3.05, 3.63) is 42.2 Å². The molecule has 90 valence electrons. The Balaban J connectivity index is 2.47. The highest BCUT2D eigenvalue weighted by Crippen LogP contribution is 2.32. The van der Waals surface area contributed by atoms with Crippen molar-refractivity contribution in [2.24, 2.45) is 0 Å². The van der Waals surface area contributed by atoms with Gasteiger partial charge in [0.05, 0.1) is 0 Å². The van der Waals surface area contributed by atoms with Crippen LogP contribution in [0.1, 0.15) is 25.8 Å². The first-order valence-electron chi connectivity index (χ1n) is 6.13. The normalized spacial score (nSPS) is 11.9. The fourth-order valence-electron chi connectivity index (χ4n) is 2.28. The van der Waals surface area contributed by atoms with Crippen LogP contribution in [0.15, 0.2) is 36.7 Å². The van der Waals surface area contributed by atoms with Gasteiger partial charge < -0.3 is 5.32 Å². The fraction of sp³-hybridized carbons (Fsp3) is 0.400. The first-order chi connectivity index (χ1) is 8.15. The Morgan fingerprint density at radius 3 is 2.82 bits per heavy atom. The molecule has 0 spiro atoms. The standard InChI is InChI=1S/C15H20N2/c1-15(2,8-10-16-3)14-6-4-5-12-7-9-17-11-13(12)14/h4-7,9,11,16H,8,10H2,1-3H3. The van der Waals surface area contributed by atoms with Crippen LogP contribution in [0.4, 0.5) is 0 Å². The van der Waals surface area contributed by atoms with Gasteiger partial charge >= 0.3 is 0 Å². The maximum absolute atomic E-state index is 4.25. The molecule has 0 unspecified atom stereocenters. The van der Waals surface area contributed by atoms with Crippen LogP contribution in [0, 0.1) is 0 Å².